The highest BCUT2D eigenvalue weighted by Gasteiger charge is 2.51. The third-order valence-corrected chi connectivity index (χ3v) is 10.9. The minimum absolute atomic E-state index is 0.0804. The van der Waals surface area contributed by atoms with E-state index in [1.807, 2.05) is 37.6 Å². The lowest BCUT2D eigenvalue weighted by Gasteiger charge is -2.28. The summed E-state index contributed by atoms with van der Waals surface area (Å²) in [5.74, 6) is 0. The number of hydrogen-bond acceptors (Lipinski definition) is 2. The van der Waals surface area contributed by atoms with Crippen LogP contribution in [0.1, 0.15) is 33.6 Å². The molecule has 0 aliphatic carbocycles. The molecule has 2 aromatic rings. The summed E-state index contributed by atoms with van der Waals surface area (Å²) in [6.45, 7) is 3.80. The normalized spacial score (nSPS) is 36.1. The van der Waals surface area contributed by atoms with Crippen molar-refractivity contribution in [3.8, 4) is 0 Å². The number of rotatable bonds is 1. The molecule has 114 valence electrons. The Balaban J connectivity index is 1.94. The Morgan fingerprint density at radius 1 is 0.727 bits per heavy atom. The van der Waals surface area contributed by atoms with E-state index < -0.39 is 14.3 Å². The van der Waals surface area contributed by atoms with Gasteiger partial charge in [-0.05, 0) is 35.6 Å². The fraction of sp³-hybridized carbons (Fsp3) is 0.333. The van der Waals surface area contributed by atoms with Gasteiger partial charge in [-0.1, -0.05) is 48.5 Å². The molecule has 2 aliphatic rings. The van der Waals surface area contributed by atoms with Crippen molar-refractivity contribution < 1.29 is 9.13 Å². The van der Waals surface area contributed by atoms with Gasteiger partial charge in [-0.2, -0.15) is 0 Å². The Morgan fingerprint density at radius 3 is 1.50 bits per heavy atom. The van der Waals surface area contributed by atoms with Gasteiger partial charge in [0, 0.05) is 12.3 Å². The minimum atomic E-state index is -2.39. The second kappa shape index (κ2) is 4.70. The summed E-state index contributed by atoms with van der Waals surface area (Å²) in [6, 6.07) is 16.4. The second-order valence-corrected chi connectivity index (χ2v) is 13.4. The second-order valence-electron chi connectivity index (χ2n) is 6.95. The molecular formula is C18H20O2P2. The summed E-state index contributed by atoms with van der Waals surface area (Å²) >= 11 is 0. The van der Waals surface area contributed by atoms with E-state index in [0.29, 0.717) is 12.3 Å². The fourth-order valence-electron chi connectivity index (χ4n) is 4.33. The summed E-state index contributed by atoms with van der Waals surface area (Å²) < 4.78 is 26.7. The average molecular weight is 330 g/mol. The van der Waals surface area contributed by atoms with Gasteiger partial charge in [0.25, 0.3) is 0 Å². The number of fused-ring (bicyclic) bond motifs is 2. The zero-order chi connectivity index (χ0) is 15.5. The van der Waals surface area contributed by atoms with Gasteiger partial charge in [0.05, 0.1) is 25.6 Å². The Labute approximate surface area is 131 Å². The van der Waals surface area contributed by atoms with Crippen molar-refractivity contribution in [2.24, 2.45) is 0 Å². The molecule has 0 saturated heterocycles. The molecular weight excluding hydrogens is 310 g/mol. The molecule has 4 heteroatoms. The summed E-state index contributed by atoms with van der Waals surface area (Å²) in [7, 11) is -4.78. The first kappa shape index (κ1) is 14.5. The molecule has 0 radical (unpaired) electrons. The van der Waals surface area contributed by atoms with Gasteiger partial charge in [-0.3, -0.25) is 0 Å². The lowest BCUT2D eigenvalue weighted by Crippen LogP contribution is -2.06. The first-order chi connectivity index (χ1) is 10.4. The Kier molecular flexibility index (Phi) is 3.09. The van der Waals surface area contributed by atoms with Gasteiger partial charge in [-0.25, -0.2) is 0 Å². The summed E-state index contributed by atoms with van der Waals surface area (Å²) in [5, 5.41) is 0. The number of benzene rings is 2. The molecule has 4 rings (SSSR count). The monoisotopic (exact) mass is 330 g/mol. The summed E-state index contributed by atoms with van der Waals surface area (Å²) in [5.41, 5.74) is 4.53. The summed E-state index contributed by atoms with van der Waals surface area (Å²) in [6.07, 6.45) is 1.29. The van der Waals surface area contributed by atoms with Gasteiger partial charge in [0.15, 0.2) is 0 Å². The van der Waals surface area contributed by atoms with Crippen molar-refractivity contribution in [3.05, 3.63) is 70.8 Å². The smallest absolute Gasteiger partial charge is 0.0971 e. The van der Waals surface area contributed by atoms with Crippen LogP contribution < -0.4 is 0 Å². The van der Waals surface area contributed by atoms with E-state index in [1.54, 1.807) is 0 Å². The molecule has 4 atom stereocenters. The Morgan fingerprint density at radius 2 is 1.09 bits per heavy atom. The zero-order valence-corrected chi connectivity index (χ0v) is 14.7. The van der Waals surface area contributed by atoms with Crippen molar-refractivity contribution in [1.29, 1.82) is 0 Å². The minimum Gasteiger partial charge on any atom is -0.323 e. The maximum Gasteiger partial charge on any atom is 0.0971 e. The van der Waals surface area contributed by atoms with E-state index >= 15 is 0 Å². The van der Waals surface area contributed by atoms with E-state index in [1.165, 1.54) is 11.1 Å². The van der Waals surface area contributed by atoms with E-state index in [-0.39, 0.29) is 11.3 Å². The van der Waals surface area contributed by atoms with Crippen LogP contribution in [0.5, 0.6) is 0 Å². The Bertz CT molecular complexity index is 784. The highest BCUT2D eigenvalue weighted by Crippen LogP contribution is 2.79. The Hall–Kier alpha value is -1.10. The lowest BCUT2D eigenvalue weighted by atomic mass is 9.98. The van der Waals surface area contributed by atoms with Crippen LogP contribution >= 0.6 is 14.3 Å². The van der Waals surface area contributed by atoms with E-state index in [2.05, 4.69) is 24.3 Å². The molecule has 0 spiro atoms. The van der Waals surface area contributed by atoms with Crippen LogP contribution in [0.15, 0.2) is 48.5 Å². The first-order valence-electron chi connectivity index (χ1n) is 7.68. The topological polar surface area (TPSA) is 34.1 Å². The van der Waals surface area contributed by atoms with Gasteiger partial charge >= 0.3 is 0 Å². The highest BCUT2D eigenvalue weighted by atomic mass is 31.2. The lowest BCUT2D eigenvalue weighted by molar-refractivity contribution is 0.556. The maximum atomic E-state index is 13.4. The molecule has 0 fully saturated rings. The quantitative estimate of drug-likeness (QED) is 0.649. The zero-order valence-electron chi connectivity index (χ0n) is 12.9. The fourth-order valence-corrected chi connectivity index (χ4v) is 11.5. The van der Waals surface area contributed by atoms with Crippen molar-refractivity contribution in [2.75, 3.05) is 13.3 Å². The SMILES string of the molecule is C[P@@]1(=O)Cc2ccccc2C1[C@H]1c2ccccc2C[P@@]1(C)=O. The van der Waals surface area contributed by atoms with Crippen molar-refractivity contribution in [2.45, 2.75) is 23.6 Å². The largest absolute Gasteiger partial charge is 0.323 e. The predicted octanol–water partition coefficient (Wildman–Crippen LogP) is 5.48. The van der Waals surface area contributed by atoms with Crippen LogP contribution in [0.3, 0.4) is 0 Å². The van der Waals surface area contributed by atoms with Gasteiger partial charge in [-0.15, -0.1) is 0 Å². The molecule has 2 nitrogen and oxygen atoms in total. The summed E-state index contributed by atoms with van der Waals surface area (Å²) in [4.78, 5) is 0. The highest BCUT2D eigenvalue weighted by molar-refractivity contribution is 7.67. The molecule has 22 heavy (non-hydrogen) atoms. The van der Waals surface area contributed by atoms with Gasteiger partial charge in [0.2, 0.25) is 0 Å². The van der Waals surface area contributed by atoms with Gasteiger partial charge < -0.3 is 9.13 Å². The van der Waals surface area contributed by atoms with Crippen LogP contribution in [0.4, 0.5) is 0 Å². The van der Waals surface area contributed by atoms with Crippen LogP contribution in [0.25, 0.3) is 0 Å². The van der Waals surface area contributed by atoms with Crippen LogP contribution in [0.2, 0.25) is 0 Å². The molecule has 1 unspecified atom stereocenters. The third kappa shape index (κ3) is 2.01. The van der Waals surface area contributed by atoms with Crippen LogP contribution in [-0.2, 0) is 21.5 Å². The van der Waals surface area contributed by atoms with Crippen molar-refractivity contribution >= 4 is 14.3 Å². The van der Waals surface area contributed by atoms with Crippen molar-refractivity contribution in [1.82, 2.24) is 0 Å². The molecule has 0 aromatic heterocycles. The molecule has 0 N–H and O–H groups in total. The maximum absolute atomic E-state index is 13.4. The predicted molar refractivity (Wildman–Crippen MR) is 92.8 cm³/mol. The molecule has 2 aliphatic heterocycles. The third-order valence-electron chi connectivity index (χ3n) is 5.19. The van der Waals surface area contributed by atoms with E-state index in [4.69, 9.17) is 0 Å². The first-order valence-corrected chi connectivity index (χ1v) is 12.5. The van der Waals surface area contributed by atoms with Crippen LogP contribution in [-0.4, -0.2) is 13.3 Å². The van der Waals surface area contributed by atoms with E-state index in [0.717, 1.165) is 11.1 Å². The number of hydrogen-bond donors (Lipinski definition) is 0. The molecule has 2 heterocycles. The van der Waals surface area contributed by atoms with Crippen molar-refractivity contribution in [3.63, 3.8) is 0 Å². The molecule has 0 amide bonds. The van der Waals surface area contributed by atoms with E-state index in [9.17, 15) is 9.13 Å². The molecule has 0 bridgehead atoms. The van der Waals surface area contributed by atoms with Crippen LogP contribution in [0, 0.1) is 0 Å². The van der Waals surface area contributed by atoms with Gasteiger partial charge in [0.1, 0.15) is 0 Å². The standard InChI is InChI=1S/C18H20O2P2/c1-21(19)11-13-7-3-5-9-15(13)17(21)18-16-10-6-4-8-14(16)12-22(18,2)20/h3-10,17-18H,11-12H2,1-2H3/t17-,18?,21-,22-/m1/s1. The average Bonchev–Trinajstić information content (AvgIpc) is 2.86. The molecule has 2 aromatic carbocycles. The molecule has 0 saturated carbocycles.